The Bertz CT molecular complexity index is 454. The number of carboxylic acids is 1. The van der Waals surface area contributed by atoms with Gasteiger partial charge in [-0.05, 0) is 6.92 Å². The number of nitrogens with zero attached hydrogens (tertiary/aromatic N) is 2. The van der Waals surface area contributed by atoms with Crippen LogP contribution in [0.25, 0.3) is 0 Å². The van der Waals surface area contributed by atoms with E-state index in [1.807, 2.05) is 0 Å². The van der Waals surface area contributed by atoms with E-state index in [1.165, 1.54) is 18.4 Å². The molecule has 16 heavy (non-hydrogen) atoms. The first kappa shape index (κ1) is 13.1. The van der Waals surface area contributed by atoms with E-state index in [2.05, 4.69) is 4.98 Å². The van der Waals surface area contributed by atoms with Crippen LogP contribution in [-0.2, 0) is 21.4 Å². The second-order valence-electron chi connectivity index (χ2n) is 3.26. The van der Waals surface area contributed by atoms with E-state index >= 15 is 0 Å². The molecule has 1 atom stereocenters. The zero-order valence-electron chi connectivity index (χ0n) is 8.82. The Labute approximate surface area is 97.6 Å². The van der Waals surface area contributed by atoms with Gasteiger partial charge in [0.1, 0.15) is 0 Å². The molecule has 6 nitrogen and oxygen atoms in total. The largest absolute Gasteiger partial charge is 0.480 e. The Balaban J connectivity index is 2.81. The first-order chi connectivity index (χ1) is 7.35. The van der Waals surface area contributed by atoms with E-state index in [0.29, 0.717) is 5.69 Å². The predicted octanol–water partition coefficient (Wildman–Crippen LogP) is 0.378. The molecule has 0 saturated heterocycles. The molecule has 0 fully saturated rings. The summed E-state index contributed by atoms with van der Waals surface area (Å²) in [5, 5.41) is 8.94. The molecular weight excluding hydrogens is 252 g/mol. The molecule has 0 bridgehead atoms. The van der Waals surface area contributed by atoms with Crippen molar-refractivity contribution in [1.29, 1.82) is 0 Å². The third-order valence-corrected chi connectivity index (χ3v) is 4.83. The van der Waals surface area contributed by atoms with Crippen LogP contribution in [-0.4, -0.2) is 41.1 Å². The van der Waals surface area contributed by atoms with Crippen LogP contribution in [0.3, 0.4) is 0 Å². The van der Waals surface area contributed by atoms with Gasteiger partial charge in [0.25, 0.3) is 0 Å². The summed E-state index contributed by atoms with van der Waals surface area (Å²) in [5.74, 6) is -1.36. The number of hydrogen-bond acceptors (Lipinski definition) is 5. The van der Waals surface area contributed by atoms with E-state index in [9.17, 15) is 13.2 Å². The second kappa shape index (κ2) is 4.89. The maximum absolute atomic E-state index is 11.7. The molecule has 0 saturated carbocycles. The smallest absolute Gasteiger partial charge is 0.323 e. The number of hydrogen-bond donors (Lipinski definition) is 1. The molecule has 8 heteroatoms. The minimum atomic E-state index is -3.82. The standard InChI is InChI=1S/C8H12N2O4S2/c1-6(8(11)12)16(13,14)10(2)3-7-4-15-5-9-7/h4-6H,3H2,1-2H3,(H,11,12). The first-order valence-electron chi connectivity index (χ1n) is 4.40. The first-order valence-corrected chi connectivity index (χ1v) is 6.85. The van der Waals surface area contributed by atoms with Crippen molar-refractivity contribution in [3.63, 3.8) is 0 Å². The fraction of sp³-hybridized carbons (Fsp3) is 0.500. The molecule has 0 aliphatic carbocycles. The van der Waals surface area contributed by atoms with Gasteiger partial charge < -0.3 is 5.11 Å². The van der Waals surface area contributed by atoms with Crippen LogP contribution < -0.4 is 0 Å². The maximum Gasteiger partial charge on any atom is 0.323 e. The summed E-state index contributed by atoms with van der Waals surface area (Å²) in [6.45, 7) is 1.23. The summed E-state index contributed by atoms with van der Waals surface area (Å²) in [6, 6.07) is 0. The molecule has 1 rings (SSSR count). The highest BCUT2D eigenvalue weighted by molar-refractivity contribution is 7.90. The van der Waals surface area contributed by atoms with Crippen LogP contribution in [0.2, 0.25) is 0 Å². The number of sulfonamides is 1. The number of thiazole rings is 1. The molecule has 0 amide bonds. The van der Waals surface area contributed by atoms with Gasteiger partial charge in [0.05, 0.1) is 17.7 Å². The summed E-state index contributed by atoms with van der Waals surface area (Å²) < 4.78 is 24.4. The van der Waals surface area contributed by atoms with E-state index in [0.717, 1.165) is 11.2 Å². The summed E-state index contributed by atoms with van der Waals surface area (Å²) in [7, 11) is -2.47. The number of aromatic nitrogens is 1. The minimum absolute atomic E-state index is 0.0868. The van der Waals surface area contributed by atoms with Gasteiger partial charge in [-0.1, -0.05) is 0 Å². The lowest BCUT2D eigenvalue weighted by Crippen LogP contribution is -2.38. The van der Waals surface area contributed by atoms with Crippen molar-refractivity contribution < 1.29 is 18.3 Å². The Hall–Kier alpha value is -0.990. The number of carboxylic acid groups (broad SMARTS) is 1. The Morgan fingerprint density at radius 2 is 2.31 bits per heavy atom. The number of rotatable bonds is 5. The Kier molecular flexibility index (Phi) is 4.00. The van der Waals surface area contributed by atoms with E-state index < -0.39 is 21.2 Å². The average Bonchev–Trinajstić information content (AvgIpc) is 2.68. The van der Waals surface area contributed by atoms with Gasteiger partial charge in [-0.2, -0.15) is 4.31 Å². The summed E-state index contributed by atoms with van der Waals surface area (Å²) in [4.78, 5) is 14.6. The molecule has 1 aromatic rings. The van der Waals surface area contributed by atoms with Gasteiger partial charge in [0.2, 0.25) is 10.0 Å². The zero-order chi connectivity index (χ0) is 12.3. The van der Waals surface area contributed by atoms with Gasteiger partial charge in [-0.3, -0.25) is 4.79 Å². The quantitative estimate of drug-likeness (QED) is 0.830. The van der Waals surface area contributed by atoms with E-state index in [1.54, 1.807) is 10.9 Å². The second-order valence-corrected chi connectivity index (χ2v) is 6.34. The molecule has 0 aromatic carbocycles. The molecule has 1 heterocycles. The SMILES string of the molecule is CC(C(=O)O)S(=O)(=O)N(C)Cc1cscn1. The van der Waals surface area contributed by atoms with Crippen LogP contribution in [0.15, 0.2) is 10.9 Å². The fourth-order valence-corrected chi connectivity index (χ4v) is 2.69. The average molecular weight is 264 g/mol. The topological polar surface area (TPSA) is 87.6 Å². The van der Waals surface area contributed by atoms with Crippen molar-refractivity contribution in [1.82, 2.24) is 9.29 Å². The molecule has 1 unspecified atom stereocenters. The highest BCUT2D eigenvalue weighted by atomic mass is 32.2. The summed E-state index contributed by atoms with van der Waals surface area (Å²) >= 11 is 1.36. The van der Waals surface area contributed by atoms with Crippen molar-refractivity contribution in [2.75, 3.05) is 7.05 Å². The van der Waals surface area contributed by atoms with Gasteiger partial charge in [0.15, 0.2) is 5.25 Å². The molecule has 0 radical (unpaired) electrons. The van der Waals surface area contributed by atoms with Crippen molar-refractivity contribution in [3.8, 4) is 0 Å². The Morgan fingerprint density at radius 3 is 2.75 bits per heavy atom. The molecule has 90 valence electrons. The molecule has 0 spiro atoms. The normalized spacial score (nSPS) is 13.9. The molecule has 0 aliphatic heterocycles. The van der Waals surface area contributed by atoms with E-state index in [-0.39, 0.29) is 6.54 Å². The molecular formula is C8H12N2O4S2. The van der Waals surface area contributed by atoms with Crippen LogP contribution in [0.4, 0.5) is 0 Å². The predicted molar refractivity (Wildman–Crippen MR) is 59.6 cm³/mol. The molecule has 0 aliphatic rings. The van der Waals surface area contributed by atoms with Gasteiger partial charge in [-0.15, -0.1) is 11.3 Å². The Morgan fingerprint density at radius 1 is 1.69 bits per heavy atom. The van der Waals surface area contributed by atoms with Crippen LogP contribution in [0.1, 0.15) is 12.6 Å². The molecule has 1 aromatic heterocycles. The third-order valence-electron chi connectivity index (χ3n) is 2.10. The van der Waals surface area contributed by atoms with Crippen molar-refractivity contribution in [3.05, 3.63) is 16.6 Å². The van der Waals surface area contributed by atoms with Crippen molar-refractivity contribution in [2.45, 2.75) is 18.7 Å². The van der Waals surface area contributed by atoms with Gasteiger partial charge in [0, 0.05) is 12.4 Å². The molecule has 1 N–H and O–H groups in total. The third kappa shape index (κ3) is 2.77. The minimum Gasteiger partial charge on any atom is -0.480 e. The summed E-state index contributed by atoms with van der Waals surface area (Å²) in [6.07, 6.45) is 0. The lowest BCUT2D eigenvalue weighted by Gasteiger charge is -2.18. The van der Waals surface area contributed by atoms with Gasteiger partial charge >= 0.3 is 5.97 Å². The summed E-state index contributed by atoms with van der Waals surface area (Å²) in [5.41, 5.74) is 2.20. The number of carbonyl (C=O) groups is 1. The van der Waals surface area contributed by atoms with Crippen molar-refractivity contribution >= 4 is 27.3 Å². The highest BCUT2D eigenvalue weighted by Gasteiger charge is 2.31. The number of aliphatic carboxylic acids is 1. The zero-order valence-corrected chi connectivity index (χ0v) is 10.5. The lowest BCUT2D eigenvalue weighted by atomic mass is 10.5. The van der Waals surface area contributed by atoms with Crippen LogP contribution >= 0.6 is 11.3 Å². The lowest BCUT2D eigenvalue weighted by molar-refractivity contribution is -0.136. The fourth-order valence-electron chi connectivity index (χ4n) is 1.03. The van der Waals surface area contributed by atoms with Crippen LogP contribution in [0.5, 0.6) is 0 Å². The van der Waals surface area contributed by atoms with E-state index in [4.69, 9.17) is 5.11 Å². The maximum atomic E-state index is 11.7. The van der Waals surface area contributed by atoms with Crippen molar-refractivity contribution in [2.24, 2.45) is 0 Å². The monoisotopic (exact) mass is 264 g/mol. The highest BCUT2D eigenvalue weighted by Crippen LogP contribution is 2.12. The van der Waals surface area contributed by atoms with Crippen LogP contribution in [0, 0.1) is 0 Å². The van der Waals surface area contributed by atoms with Gasteiger partial charge in [-0.25, -0.2) is 13.4 Å².